The number of hydrogen-bond donors (Lipinski definition) is 6. The Kier molecular flexibility index (Phi) is 9.68. The van der Waals surface area contributed by atoms with Crippen LogP contribution in [0, 0.1) is 5.92 Å². The smallest absolute Gasteiger partial charge is 0.326 e. The van der Waals surface area contributed by atoms with Crippen molar-refractivity contribution in [1.82, 2.24) is 20.8 Å². The van der Waals surface area contributed by atoms with Crippen molar-refractivity contribution in [3.05, 3.63) is 11.8 Å². The van der Waals surface area contributed by atoms with Gasteiger partial charge in [-0.1, -0.05) is 20.3 Å². The molecular weight excluding hydrogens is 402 g/mol. The summed E-state index contributed by atoms with van der Waals surface area (Å²) >= 11 is 0. The van der Waals surface area contributed by atoms with Gasteiger partial charge >= 0.3 is 23.9 Å². The number of nitrogens with one attached hydrogen (secondary N) is 2. The zero-order valence-corrected chi connectivity index (χ0v) is 16.7. The number of carbonyl (C=O) groups is 4. The number of amides is 2. The van der Waals surface area contributed by atoms with E-state index < -0.39 is 48.5 Å². The Labute approximate surface area is 172 Å². The van der Waals surface area contributed by atoms with Gasteiger partial charge in [0, 0.05) is 12.8 Å². The summed E-state index contributed by atoms with van der Waals surface area (Å²) in [5, 5.41) is 39.1. The van der Waals surface area contributed by atoms with Gasteiger partial charge in [-0.2, -0.15) is 0 Å². The topological polar surface area (TPSA) is 218 Å². The van der Waals surface area contributed by atoms with Crippen LogP contribution in [0.5, 0.6) is 0 Å². The maximum Gasteiger partial charge on any atom is 0.326 e. The van der Waals surface area contributed by atoms with E-state index in [9.17, 15) is 19.2 Å². The third kappa shape index (κ3) is 8.03. The maximum atomic E-state index is 12.3. The van der Waals surface area contributed by atoms with E-state index in [1.54, 1.807) is 6.92 Å². The minimum absolute atomic E-state index is 0.0200. The number of nitrogens with two attached hydrogens (primary N) is 1. The van der Waals surface area contributed by atoms with Crippen LogP contribution in [0.2, 0.25) is 0 Å². The normalized spacial score (nSPS) is 14.9. The number of carbonyl (C=O) groups excluding carboxylic acids is 1. The highest BCUT2D eigenvalue weighted by atomic mass is 16.4. The first-order valence-corrected chi connectivity index (χ1v) is 9.37. The van der Waals surface area contributed by atoms with Crippen LogP contribution in [0.3, 0.4) is 0 Å². The van der Waals surface area contributed by atoms with E-state index in [-0.39, 0.29) is 37.0 Å². The third-order valence-electron chi connectivity index (χ3n) is 4.46. The molecule has 4 atom stereocenters. The Bertz CT molecular complexity index is 752. The number of carboxylic acid groups (broad SMARTS) is 3. The van der Waals surface area contributed by atoms with Crippen molar-refractivity contribution in [1.29, 1.82) is 0 Å². The molecule has 7 N–H and O–H groups in total. The first-order chi connectivity index (χ1) is 14.0. The number of aromatic nitrogens is 2. The fourth-order valence-electron chi connectivity index (χ4n) is 2.47. The molecule has 13 nitrogen and oxygen atoms in total. The first-order valence-electron chi connectivity index (χ1n) is 9.37. The molecule has 168 valence electrons. The van der Waals surface area contributed by atoms with Crippen LogP contribution in [-0.4, -0.2) is 55.5 Å². The van der Waals surface area contributed by atoms with Gasteiger partial charge in [0.05, 0.1) is 6.04 Å². The van der Waals surface area contributed by atoms with Crippen molar-refractivity contribution in [3.8, 4) is 0 Å². The molecule has 30 heavy (non-hydrogen) atoms. The molecule has 1 heterocycles. The van der Waals surface area contributed by atoms with Gasteiger partial charge in [0.2, 0.25) is 11.8 Å². The molecule has 0 aliphatic carbocycles. The van der Waals surface area contributed by atoms with E-state index >= 15 is 0 Å². The van der Waals surface area contributed by atoms with E-state index in [2.05, 4.69) is 20.8 Å². The summed E-state index contributed by atoms with van der Waals surface area (Å²) < 4.78 is 5.52. The van der Waals surface area contributed by atoms with E-state index in [1.165, 1.54) is 0 Å². The highest BCUT2D eigenvalue weighted by Gasteiger charge is 2.29. The van der Waals surface area contributed by atoms with Crippen molar-refractivity contribution in [2.24, 2.45) is 11.7 Å². The molecule has 1 aromatic heterocycles. The van der Waals surface area contributed by atoms with E-state index in [4.69, 9.17) is 25.5 Å². The van der Waals surface area contributed by atoms with Crippen molar-refractivity contribution in [3.63, 3.8) is 0 Å². The lowest BCUT2D eigenvalue weighted by atomic mass is 9.99. The lowest BCUT2D eigenvalue weighted by Crippen LogP contribution is -2.48. The average Bonchev–Trinajstić information content (AvgIpc) is 3.16. The summed E-state index contributed by atoms with van der Waals surface area (Å²) in [6, 6.07) is -3.78. The van der Waals surface area contributed by atoms with Gasteiger partial charge in [0.1, 0.15) is 12.1 Å². The Morgan fingerprint density at radius 2 is 1.57 bits per heavy atom. The lowest BCUT2D eigenvalue weighted by molar-refractivity contribution is -0.141. The van der Waals surface area contributed by atoms with Gasteiger partial charge < -0.3 is 36.1 Å². The van der Waals surface area contributed by atoms with Crippen LogP contribution in [0.25, 0.3) is 0 Å². The molecule has 1 rings (SSSR count). The second-order valence-corrected chi connectivity index (χ2v) is 6.82. The summed E-state index contributed by atoms with van der Waals surface area (Å²) in [7, 11) is 0. The molecule has 1 unspecified atom stereocenters. The molecule has 0 bridgehead atoms. The molecule has 0 radical (unpaired) electrons. The Morgan fingerprint density at radius 1 is 1.00 bits per heavy atom. The largest absolute Gasteiger partial charge is 0.481 e. The third-order valence-corrected chi connectivity index (χ3v) is 4.46. The summed E-state index contributed by atoms with van der Waals surface area (Å²) in [4.78, 5) is 44.9. The molecule has 1 aromatic rings. The van der Waals surface area contributed by atoms with Crippen molar-refractivity contribution in [2.75, 3.05) is 0 Å². The van der Waals surface area contributed by atoms with Gasteiger partial charge in [-0.05, 0) is 18.8 Å². The monoisotopic (exact) mass is 429 g/mol. The van der Waals surface area contributed by atoms with Crippen LogP contribution in [0.15, 0.2) is 4.42 Å². The molecule has 0 aromatic carbocycles. The average molecular weight is 429 g/mol. The molecule has 2 amide bonds. The van der Waals surface area contributed by atoms with Gasteiger partial charge in [0.15, 0.2) is 0 Å². The zero-order chi connectivity index (χ0) is 22.8. The van der Waals surface area contributed by atoms with Crippen LogP contribution >= 0.6 is 0 Å². The predicted molar refractivity (Wildman–Crippen MR) is 100 cm³/mol. The van der Waals surface area contributed by atoms with Crippen molar-refractivity contribution in [2.45, 2.75) is 64.1 Å². The SMILES string of the molecule is CCC(C)[C@H](NC(=O)N[C@@H](CCC(=O)O)C(=O)O)c1nnc([C@@H](N)CCC(=O)O)o1. The van der Waals surface area contributed by atoms with Crippen LogP contribution in [-0.2, 0) is 14.4 Å². The fourth-order valence-corrected chi connectivity index (χ4v) is 2.47. The molecule has 13 heteroatoms. The van der Waals surface area contributed by atoms with E-state index in [0.717, 1.165) is 0 Å². The molecule has 0 aliphatic heterocycles. The molecule has 0 fully saturated rings. The summed E-state index contributed by atoms with van der Waals surface area (Å²) in [6.07, 6.45) is -0.193. The van der Waals surface area contributed by atoms with E-state index in [0.29, 0.717) is 6.42 Å². The predicted octanol–water partition coefficient (Wildman–Crippen LogP) is 0.639. The molecule has 0 saturated heterocycles. The quantitative estimate of drug-likeness (QED) is 0.255. The number of aliphatic carboxylic acids is 3. The molecular formula is C17H27N5O8. The second-order valence-electron chi connectivity index (χ2n) is 6.82. The highest BCUT2D eigenvalue weighted by molar-refractivity contribution is 5.83. The zero-order valence-electron chi connectivity index (χ0n) is 16.7. The van der Waals surface area contributed by atoms with Crippen LogP contribution in [0.4, 0.5) is 4.79 Å². The van der Waals surface area contributed by atoms with Gasteiger partial charge in [-0.3, -0.25) is 9.59 Å². The van der Waals surface area contributed by atoms with Crippen LogP contribution < -0.4 is 16.4 Å². The summed E-state index contributed by atoms with van der Waals surface area (Å²) in [6.45, 7) is 3.67. The fraction of sp³-hybridized carbons (Fsp3) is 0.647. The number of nitrogens with zero attached hydrogens (tertiary/aromatic N) is 2. The number of hydrogen-bond acceptors (Lipinski definition) is 8. The number of carboxylic acids is 3. The standard InChI is InChI=1S/C17H27N5O8/c1-3-8(2)13(15-22-21-14(30-15)9(18)4-6-11(23)24)20-17(29)19-10(16(27)28)5-7-12(25)26/h8-10,13H,3-7,18H2,1-2H3,(H,23,24)(H,25,26)(H,27,28)(H2,19,20,29)/t8?,9-,10-,13-/m0/s1. The minimum Gasteiger partial charge on any atom is -0.481 e. The molecule has 0 spiro atoms. The highest BCUT2D eigenvalue weighted by Crippen LogP contribution is 2.25. The van der Waals surface area contributed by atoms with Gasteiger partial charge in [-0.25, -0.2) is 9.59 Å². The molecule has 0 saturated carbocycles. The van der Waals surface area contributed by atoms with Crippen molar-refractivity contribution < 1.29 is 38.9 Å². The van der Waals surface area contributed by atoms with Gasteiger partial charge in [-0.15, -0.1) is 10.2 Å². The number of urea groups is 1. The Balaban J connectivity index is 2.87. The number of rotatable bonds is 13. The van der Waals surface area contributed by atoms with Crippen LogP contribution in [0.1, 0.15) is 69.8 Å². The second kappa shape index (κ2) is 11.7. The summed E-state index contributed by atoms with van der Waals surface area (Å²) in [5.41, 5.74) is 5.85. The Morgan fingerprint density at radius 3 is 2.10 bits per heavy atom. The van der Waals surface area contributed by atoms with Crippen molar-refractivity contribution >= 4 is 23.9 Å². The summed E-state index contributed by atoms with van der Waals surface area (Å²) in [5.74, 6) is -3.68. The minimum atomic E-state index is -1.39. The Hall–Kier alpha value is -3.22. The van der Waals surface area contributed by atoms with E-state index in [1.807, 2.05) is 6.92 Å². The first kappa shape index (κ1) is 24.8. The lowest BCUT2D eigenvalue weighted by Gasteiger charge is -2.22. The molecule has 0 aliphatic rings. The van der Waals surface area contributed by atoms with Gasteiger partial charge in [0.25, 0.3) is 0 Å². The maximum absolute atomic E-state index is 12.3.